The molecule has 0 radical (unpaired) electrons. The predicted octanol–water partition coefficient (Wildman–Crippen LogP) is 3.36. The van der Waals surface area contributed by atoms with E-state index in [1.807, 2.05) is 25.1 Å². The van der Waals surface area contributed by atoms with Crippen molar-refractivity contribution >= 4 is 21.7 Å². The smallest absolute Gasteiger partial charge is 0.165 e. The number of aromatic nitrogens is 2. The van der Waals surface area contributed by atoms with Gasteiger partial charge in [0.15, 0.2) is 5.82 Å². The maximum Gasteiger partial charge on any atom is 0.165 e. The van der Waals surface area contributed by atoms with Crippen LogP contribution in [0, 0.1) is 0 Å². The van der Waals surface area contributed by atoms with E-state index in [1.165, 1.54) is 0 Å². The van der Waals surface area contributed by atoms with Gasteiger partial charge in [0.05, 0.1) is 24.3 Å². The third kappa shape index (κ3) is 3.01. The van der Waals surface area contributed by atoms with Crippen molar-refractivity contribution in [1.82, 2.24) is 9.97 Å². The van der Waals surface area contributed by atoms with Crippen LogP contribution in [0.3, 0.4) is 0 Å². The monoisotopic (exact) mass is 337 g/mol. The van der Waals surface area contributed by atoms with Gasteiger partial charge in [-0.15, -0.1) is 0 Å². The minimum absolute atomic E-state index is 0.601. The third-order valence-corrected chi connectivity index (χ3v) is 3.32. The first-order chi connectivity index (χ1) is 9.69. The molecule has 0 aliphatic carbocycles. The normalized spacial score (nSPS) is 10.2. The van der Waals surface area contributed by atoms with E-state index in [0.717, 1.165) is 28.1 Å². The van der Waals surface area contributed by atoms with E-state index in [4.69, 9.17) is 9.47 Å². The molecule has 2 rings (SSSR count). The van der Waals surface area contributed by atoms with Gasteiger partial charge >= 0.3 is 0 Å². The zero-order chi connectivity index (χ0) is 14.5. The fourth-order valence-electron chi connectivity index (χ4n) is 1.77. The summed E-state index contributed by atoms with van der Waals surface area (Å²) in [6.07, 6.45) is 1.73. The van der Waals surface area contributed by atoms with Crippen LogP contribution in [0.15, 0.2) is 28.9 Å². The Morgan fingerprint density at radius 1 is 1.25 bits per heavy atom. The van der Waals surface area contributed by atoms with Crippen molar-refractivity contribution in [1.29, 1.82) is 0 Å². The Bertz CT molecular complexity index is 605. The van der Waals surface area contributed by atoms with Crippen LogP contribution in [0.4, 0.5) is 5.82 Å². The lowest BCUT2D eigenvalue weighted by atomic mass is 10.1. The predicted molar refractivity (Wildman–Crippen MR) is 82.4 cm³/mol. The number of halogens is 1. The molecule has 0 amide bonds. The number of methoxy groups -OCH3 is 2. The molecule has 0 aliphatic heterocycles. The van der Waals surface area contributed by atoms with Gasteiger partial charge in [-0.25, -0.2) is 9.97 Å². The fraction of sp³-hybridized carbons (Fsp3) is 0.286. The molecule has 20 heavy (non-hydrogen) atoms. The molecule has 6 heteroatoms. The van der Waals surface area contributed by atoms with Crippen LogP contribution in [-0.2, 0) is 0 Å². The van der Waals surface area contributed by atoms with Crippen molar-refractivity contribution in [2.45, 2.75) is 6.92 Å². The summed E-state index contributed by atoms with van der Waals surface area (Å²) in [6.45, 7) is 2.80. The molecule has 1 heterocycles. The number of hydrogen-bond acceptors (Lipinski definition) is 5. The summed E-state index contributed by atoms with van der Waals surface area (Å²) in [7, 11) is 3.23. The van der Waals surface area contributed by atoms with E-state index < -0.39 is 0 Å². The molecule has 5 nitrogen and oxygen atoms in total. The Kier molecular flexibility index (Phi) is 4.79. The van der Waals surface area contributed by atoms with Gasteiger partial charge in [-0.3, -0.25) is 0 Å². The first kappa shape index (κ1) is 14.6. The van der Waals surface area contributed by atoms with Gasteiger partial charge in [-0.1, -0.05) is 0 Å². The fourth-order valence-corrected chi connectivity index (χ4v) is 2.10. The lowest BCUT2D eigenvalue weighted by molar-refractivity contribution is 0.395. The SMILES string of the molecule is CCNc1nc(-c2ccc(OC)cc2OC)ncc1Br. The van der Waals surface area contributed by atoms with E-state index in [0.29, 0.717) is 11.6 Å². The van der Waals surface area contributed by atoms with Crippen molar-refractivity contribution < 1.29 is 9.47 Å². The van der Waals surface area contributed by atoms with Crippen LogP contribution in [0.1, 0.15) is 6.92 Å². The molecule has 0 saturated heterocycles. The molecular formula is C14H16BrN3O2. The Hall–Kier alpha value is -1.82. The zero-order valence-corrected chi connectivity index (χ0v) is 13.2. The molecule has 1 N–H and O–H groups in total. The van der Waals surface area contributed by atoms with Gasteiger partial charge in [-0.05, 0) is 35.0 Å². The third-order valence-electron chi connectivity index (χ3n) is 2.74. The highest BCUT2D eigenvalue weighted by atomic mass is 79.9. The number of ether oxygens (including phenoxy) is 2. The molecule has 0 unspecified atom stereocenters. The highest BCUT2D eigenvalue weighted by Gasteiger charge is 2.12. The zero-order valence-electron chi connectivity index (χ0n) is 11.6. The van der Waals surface area contributed by atoms with E-state index >= 15 is 0 Å². The molecule has 0 bridgehead atoms. The number of hydrogen-bond donors (Lipinski definition) is 1. The summed E-state index contributed by atoms with van der Waals surface area (Å²) in [5.41, 5.74) is 0.819. The molecule has 0 aliphatic rings. The van der Waals surface area contributed by atoms with Gasteiger partial charge in [0, 0.05) is 18.8 Å². The Balaban J connectivity index is 2.48. The summed E-state index contributed by atoms with van der Waals surface area (Å²) in [5.74, 6) is 2.77. The van der Waals surface area contributed by atoms with Gasteiger partial charge < -0.3 is 14.8 Å². The summed E-state index contributed by atoms with van der Waals surface area (Å²) in [5, 5.41) is 3.18. The van der Waals surface area contributed by atoms with Crippen LogP contribution < -0.4 is 14.8 Å². The summed E-state index contributed by atoms with van der Waals surface area (Å²) in [6, 6.07) is 5.56. The van der Waals surface area contributed by atoms with E-state index in [9.17, 15) is 0 Å². The average molecular weight is 338 g/mol. The molecule has 0 spiro atoms. The number of nitrogens with one attached hydrogen (secondary N) is 1. The number of rotatable bonds is 5. The van der Waals surface area contributed by atoms with E-state index in [1.54, 1.807) is 20.4 Å². The van der Waals surface area contributed by atoms with Crippen LogP contribution >= 0.6 is 15.9 Å². The van der Waals surface area contributed by atoms with Crippen molar-refractivity contribution in [3.8, 4) is 22.9 Å². The van der Waals surface area contributed by atoms with Gasteiger partial charge in [-0.2, -0.15) is 0 Å². The first-order valence-electron chi connectivity index (χ1n) is 6.18. The maximum absolute atomic E-state index is 5.38. The lowest BCUT2D eigenvalue weighted by Crippen LogP contribution is -2.03. The average Bonchev–Trinajstić information content (AvgIpc) is 2.49. The Morgan fingerprint density at radius 2 is 2.05 bits per heavy atom. The number of anilines is 1. The summed E-state index contributed by atoms with van der Waals surface area (Å²) >= 11 is 3.42. The second-order valence-corrected chi connectivity index (χ2v) is 4.84. The summed E-state index contributed by atoms with van der Waals surface area (Å²) < 4.78 is 11.4. The van der Waals surface area contributed by atoms with Gasteiger partial charge in [0.2, 0.25) is 0 Å². The standard InChI is InChI=1S/C14H16BrN3O2/c1-4-16-14-11(15)8-17-13(18-14)10-6-5-9(19-2)7-12(10)20-3/h5-8H,4H2,1-3H3,(H,16,17,18). The number of nitrogens with zero attached hydrogens (tertiary/aromatic N) is 2. The highest BCUT2D eigenvalue weighted by molar-refractivity contribution is 9.10. The van der Waals surface area contributed by atoms with Crippen molar-refractivity contribution in [2.75, 3.05) is 26.1 Å². The van der Waals surface area contributed by atoms with Gasteiger partial charge in [0.25, 0.3) is 0 Å². The Morgan fingerprint density at radius 3 is 2.70 bits per heavy atom. The summed E-state index contributed by atoms with van der Waals surface area (Å²) in [4.78, 5) is 8.84. The van der Waals surface area contributed by atoms with Crippen molar-refractivity contribution in [2.24, 2.45) is 0 Å². The van der Waals surface area contributed by atoms with Crippen molar-refractivity contribution in [3.63, 3.8) is 0 Å². The molecule has 0 atom stereocenters. The number of benzene rings is 1. The minimum Gasteiger partial charge on any atom is -0.497 e. The topological polar surface area (TPSA) is 56.3 Å². The van der Waals surface area contributed by atoms with E-state index in [-0.39, 0.29) is 0 Å². The van der Waals surface area contributed by atoms with Crippen molar-refractivity contribution in [3.05, 3.63) is 28.9 Å². The molecule has 0 saturated carbocycles. The molecule has 2 aromatic rings. The maximum atomic E-state index is 5.38. The Labute approximate surface area is 126 Å². The van der Waals surface area contributed by atoms with Crippen LogP contribution in [0.5, 0.6) is 11.5 Å². The molecule has 0 fully saturated rings. The first-order valence-corrected chi connectivity index (χ1v) is 6.97. The molecule has 1 aromatic heterocycles. The quantitative estimate of drug-likeness (QED) is 0.906. The van der Waals surface area contributed by atoms with Crippen LogP contribution in [0.2, 0.25) is 0 Å². The van der Waals surface area contributed by atoms with E-state index in [2.05, 4.69) is 31.2 Å². The second kappa shape index (κ2) is 6.56. The van der Waals surface area contributed by atoms with Crippen LogP contribution in [-0.4, -0.2) is 30.7 Å². The molecular weight excluding hydrogens is 322 g/mol. The lowest BCUT2D eigenvalue weighted by Gasteiger charge is -2.11. The molecule has 1 aromatic carbocycles. The van der Waals surface area contributed by atoms with Crippen LogP contribution in [0.25, 0.3) is 11.4 Å². The second-order valence-electron chi connectivity index (χ2n) is 3.99. The minimum atomic E-state index is 0.601. The highest BCUT2D eigenvalue weighted by Crippen LogP contribution is 2.32. The molecule has 106 valence electrons. The largest absolute Gasteiger partial charge is 0.497 e. The van der Waals surface area contributed by atoms with Gasteiger partial charge in [0.1, 0.15) is 17.3 Å².